The van der Waals surface area contributed by atoms with Crippen molar-refractivity contribution in [2.45, 2.75) is 23.6 Å². The number of aryl methyl sites for hydroxylation is 2. The van der Waals surface area contributed by atoms with Gasteiger partial charge in [0.05, 0.1) is 9.79 Å². The Balaban J connectivity index is 1.56. The van der Waals surface area contributed by atoms with Crippen molar-refractivity contribution in [1.82, 2.24) is 9.44 Å². The fraction of sp³-hybridized carbons (Fsp3) is 0.0500. The second-order valence-corrected chi connectivity index (χ2v) is 16.8. The molecule has 2 aliphatic rings. The van der Waals surface area contributed by atoms with E-state index in [4.69, 9.17) is 0 Å². The monoisotopic (exact) mass is 826 g/mol. The van der Waals surface area contributed by atoms with Crippen LogP contribution < -0.4 is 9.44 Å². The Hall–Kier alpha value is -4.48. The Bertz CT molecular complexity index is 2270. The van der Waals surface area contributed by atoms with Gasteiger partial charge in [-0.15, -0.1) is 0 Å². The predicted octanol–water partition coefficient (Wildman–Crippen LogP) is 9.67. The molecule has 50 heavy (non-hydrogen) atoms. The van der Waals surface area contributed by atoms with E-state index < -0.39 is 20.0 Å². The van der Waals surface area contributed by atoms with Crippen molar-refractivity contribution in [1.29, 1.82) is 0 Å². The molecule has 0 saturated carbocycles. The fourth-order valence-electron chi connectivity index (χ4n) is 5.57. The average molecular weight is 829 g/mol. The number of nitrogens with one attached hydrogen (secondary N) is 2. The first-order valence-corrected chi connectivity index (χ1v) is 20.1. The van der Waals surface area contributed by atoms with Gasteiger partial charge in [0, 0.05) is 32.5 Å². The van der Waals surface area contributed by atoms with Crippen molar-refractivity contribution in [2.24, 2.45) is 0 Å². The maximum Gasteiger partial charge on any atom is 0.261 e. The minimum atomic E-state index is -3.92. The Morgan fingerprint density at radius 3 is 1.22 bits per heavy atom. The van der Waals surface area contributed by atoms with E-state index in [0.717, 1.165) is 53.5 Å². The van der Waals surface area contributed by atoms with Crippen LogP contribution in [0.3, 0.4) is 0 Å². The molecule has 6 nitrogen and oxygen atoms in total. The molecule has 6 rings (SSSR count). The molecule has 0 aliphatic heterocycles. The van der Waals surface area contributed by atoms with Gasteiger partial charge in [0.15, 0.2) is 0 Å². The molecule has 4 aromatic rings. The molecule has 0 spiro atoms. The maximum absolute atomic E-state index is 13.5. The van der Waals surface area contributed by atoms with E-state index in [1.807, 2.05) is 98.8 Å². The van der Waals surface area contributed by atoms with Crippen molar-refractivity contribution in [2.75, 3.05) is 0 Å². The summed E-state index contributed by atoms with van der Waals surface area (Å²) in [5, 5.41) is 0. The summed E-state index contributed by atoms with van der Waals surface area (Å²) in [6, 6.07) is 40.2. The Labute approximate surface area is 310 Å². The van der Waals surface area contributed by atoms with Gasteiger partial charge in [-0.2, -0.15) is 0 Å². The fourth-order valence-corrected chi connectivity index (χ4v) is 8.37. The van der Waals surface area contributed by atoms with E-state index >= 15 is 0 Å². The van der Waals surface area contributed by atoms with Crippen LogP contribution in [0.15, 0.2) is 165 Å². The summed E-state index contributed by atoms with van der Waals surface area (Å²) < 4.78 is 61.0. The zero-order valence-electron chi connectivity index (χ0n) is 27.1. The Morgan fingerprint density at radius 2 is 0.840 bits per heavy atom. The zero-order chi connectivity index (χ0) is 35.5. The van der Waals surface area contributed by atoms with Crippen LogP contribution >= 0.6 is 31.9 Å². The standard InChI is InChI=1S/C40H32Br2N2O4S2/c1-27-16-20-29(21-17-27)49(45,46)43-25-37(33-12-6-8-14-39(33)41)35-24-36(32-11-5-3-4-10-31(32)35)38(34-13-7-9-15-40(34)42)26-44-50(47,48)30-22-18-28(2)19-23-30/h3-26,43-44H,1-2H3/b37-25+,38-26+. The first-order chi connectivity index (χ1) is 23.9. The highest BCUT2D eigenvalue weighted by molar-refractivity contribution is 9.10. The highest BCUT2D eigenvalue weighted by Crippen LogP contribution is 2.44. The number of rotatable bonds is 10. The van der Waals surface area contributed by atoms with E-state index in [0.29, 0.717) is 11.1 Å². The van der Waals surface area contributed by atoms with Crippen LogP contribution in [0.2, 0.25) is 0 Å². The third-order valence-corrected chi connectivity index (χ3v) is 12.2. The van der Waals surface area contributed by atoms with Crippen molar-refractivity contribution in [3.63, 3.8) is 0 Å². The molecule has 0 atom stereocenters. The third-order valence-electron chi connectivity index (χ3n) is 8.19. The third kappa shape index (κ3) is 7.63. The highest BCUT2D eigenvalue weighted by atomic mass is 79.9. The van der Waals surface area contributed by atoms with Crippen LogP contribution in [0.4, 0.5) is 0 Å². The summed E-state index contributed by atoms with van der Waals surface area (Å²) >= 11 is 7.37. The number of hydrogen-bond acceptors (Lipinski definition) is 4. The van der Waals surface area contributed by atoms with E-state index in [1.54, 1.807) is 48.5 Å². The summed E-state index contributed by atoms with van der Waals surface area (Å²) in [7, 11) is -7.83. The first-order valence-electron chi connectivity index (χ1n) is 15.6. The minimum Gasteiger partial charge on any atom is -0.286 e. The molecule has 4 aromatic carbocycles. The smallest absolute Gasteiger partial charge is 0.261 e. The van der Waals surface area contributed by atoms with Crippen molar-refractivity contribution < 1.29 is 16.8 Å². The first kappa shape index (κ1) is 35.3. The van der Waals surface area contributed by atoms with Crippen LogP contribution in [0, 0.1) is 13.8 Å². The van der Waals surface area contributed by atoms with Gasteiger partial charge in [0.1, 0.15) is 0 Å². The van der Waals surface area contributed by atoms with Gasteiger partial charge >= 0.3 is 0 Å². The quantitative estimate of drug-likeness (QED) is 0.144. The number of sulfonamides is 2. The van der Waals surface area contributed by atoms with Gasteiger partial charge in [0.25, 0.3) is 20.0 Å². The van der Waals surface area contributed by atoms with E-state index in [-0.39, 0.29) is 9.79 Å². The van der Waals surface area contributed by atoms with E-state index in [9.17, 15) is 16.8 Å². The van der Waals surface area contributed by atoms with Crippen molar-refractivity contribution >= 4 is 63.1 Å². The van der Waals surface area contributed by atoms with Gasteiger partial charge in [-0.1, -0.05) is 134 Å². The zero-order valence-corrected chi connectivity index (χ0v) is 31.9. The van der Waals surface area contributed by atoms with Crippen LogP contribution in [-0.4, -0.2) is 16.8 Å². The van der Waals surface area contributed by atoms with Gasteiger partial charge in [-0.25, -0.2) is 16.8 Å². The number of fused-ring (bicyclic) bond motifs is 1. The van der Waals surface area contributed by atoms with E-state index in [1.165, 1.54) is 12.4 Å². The van der Waals surface area contributed by atoms with Crippen LogP contribution in [0.5, 0.6) is 0 Å². The number of hydrogen-bond donors (Lipinski definition) is 2. The van der Waals surface area contributed by atoms with Crippen molar-refractivity contribution in [3.8, 4) is 11.1 Å². The van der Waals surface area contributed by atoms with Crippen LogP contribution in [0.1, 0.15) is 33.4 Å². The average Bonchev–Trinajstić information content (AvgIpc) is 3.26. The second kappa shape index (κ2) is 14.8. The molecule has 0 bridgehead atoms. The lowest BCUT2D eigenvalue weighted by molar-refractivity contribution is 0.589. The maximum atomic E-state index is 13.5. The largest absolute Gasteiger partial charge is 0.286 e. The van der Waals surface area contributed by atoms with Gasteiger partial charge < -0.3 is 0 Å². The molecular weight excluding hydrogens is 796 g/mol. The lowest BCUT2D eigenvalue weighted by atomic mass is 9.96. The van der Waals surface area contributed by atoms with Gasteiger partial charge in [-0.05, 0) is 89.7 Å². The minimum absolute atomic E-state index is 0.144. The second-order valence-electron chi connectivity index (χ2n) is 11.7. The molecule has 0 amide bonds. The lowest BCUT2D eigenvalue weighted by Crippen LogP contribution is -2.18. The molecule has 0 saturated heterocycles. The molecule has 0 fully saturated rings. The summed E-state index contributed by atoms with van der Waals surface area (Å²) in [5.41, 5.74) is 7.80. The van der Waals surface area contributed by atoms with Gasteiger partial charge in [0.2, 0.25) is 0 Å². The highest BCUT2D eigenvalue weighted by Gasteiger charge is 2.25. The molecular formula is C40H32Br2N2O4S2. The summed E-state index contributed by atoms with van der Waals surface area (Å²) in [6.07, 6.45) is 3.03. The summed E-state index contributed by atoms with van der Waals surface area (Å²) in [4.78, 5) is 0.288. The molecule has 2 aliphatic carbocycles. The molecule has 0 radical (unpaired) electrons. The molecule has 252 valence electrons. The molecule has 0 heterocycles. The van der Waals surface area contributed by atoms with Gasteiger partial charge in [-0.3, -0.25) is 9.44 Å². The normalized spacial score (nSPS) is 12.6. The summed E-state index contributed by atoms with van der Waals surface area (Å²) in [6.45, 7) is 3.80. The summed E-state index contributed by atoms with van der Waals surface area (Å²) in [5.74, 6) is 0. The number of halogens is 2. The van der Waals surface area contributed by atoms with Crippen molar-refractivity contribution in [3.05, 3.63) is 188 Å². The van der Waals surface area contributed by atoms with E-state index in [2.05, 4.69) is 41.3 Å². The Morgan fingerprint density at radius 1 is 0.480 bits per heavy atom. The molecule has 0 aromatic heterocycles. The van der Waals surface area contributed by atoms with Crippen LogP contribution in [-0.2, 0) is 20.0 Å². The lowest BCUT2D eigenvalue weighted by Gasteiger charge is -2.13. The molecule has 0 unspecified atom stereocenters. The topological polar surface area (TPSA) is 92.3 Å². The predicted molar refractivity (Wildman–Crippen MR) is 209 cm³/mol. The van der Waals surface area contributed by atoms with Crippen LogP contribution in [0.25, 0.3) is 22.3 Å². The Kier molecular flexibility index (Phi) is 10.5. The SMILES string of the molecule is Cc1ccc(S(=O)(=O)N/C=C(\c2ccccc2Br)c2cc(/C(=C/NS(=O)(=O)c3ccc(C)cc3)c3ccccc3Br)c3cccccc2-3)cc1. The number of benzene rings is 4. The molecule has 2 N–H and O–H groups in total. The molecule has 10 heteroatoms.